The van der Waals surface area contributed by atoms with Gasteiger partial charge in [-0.05, 0) is 54.6 Å². The number of nitrogens with zero attached hydrogens (tertiary/aromatic N) is 1. The van der Waals surface area contributed by atoms with E-state index in [1.165, 1.54) is 0 Å². The zero-order chi connectivity index (χ0) is 18.1. The van der Waals surface area contributed by atoms with Gasteiger partial charge in [-0.15, -0.1) is 0 Å². The lowest BCUT2D eigenvalue weighted by molar-refractivity contribution is 0.102. The highest BCUT2D eigenvalue weighted by Gasteiger charge is 2.13. The first-order valence-electron chi connectivity index (χ1n) is 7.92. The lowest BCUT2D eigenvalue weighted by Crippen LogP contribution is -2.14. The van der Waals surface area contributed by atoms with Crippen LogP contribution in [0.5, 0.6) is 0 Å². The number of imidazole rings is 1. The van der Waals surface area contributed by atoms with Crippen molar-refractivity contribution in [2.45, 2.75) is 0 Å². The summed E-state index contributed by atoms with van der Waals surface area (Å²) in [7, 11) is 0. The number of hydrogen-bond donors (Lipinski definition) is 2. The van der Waals surface area contributed by atoms with Crippen LogP contribution >= 0.6 is 0 Å². The van der Waals surface area contributed by atoms with Gasteiger partial charge in [0.2, 0.25) is 0 Å². The second-order valence-corrected chi connectivity index (χ2v) is 5.76. The third-order valence-corrected chi connectivity index (χ3v) is 3.98. The molecular formula is C20H13F2N3O. The van der Waals surface area contributed by atoms with Crippen LogP contribution in [0.2, 0.25) is 0 Å². The van der Waals surface area contributed by atoms with Gasteiger partial charge in [0.15, 0.2) is 0 Å². The number of carbonyl (C=O) groups is 1. The predicted octanol–water partition coefficient (Wildman–Crippen LogP) is 4.76. The van der Waals surface area contributed by atoms with Gasteiger partial charge in [-0.1, -0.05) is 12.1 Å². The number of anilines is 1. The van der Waals surface area contributed by atoms with Crippen molar-refractivity contribution < 1.29 is 13.6 Å². The quantitative estimate of drug-likeness (QED) is 0.560. The molecule has 0 fully saturated rings. The first-order chi connectivity index (χ1) is 12.6. The molecule has 6 heteroatoms. The fourth-order valence-electron chi connectivity index (χ4n) is 2.67. The second-order valence-electron chi connectivity index (χ2n) is 5.76. The van der Waals surface area contributed by atoms with Crippen molar-refractivity contribution in [2.24, 2.45) is 0 Å². The Morgan fingerprint density at radius 1 is 0.962 bits per heavy atom. The summed E-state index contributed by atoms with van der Waals surface area (Å²) in [5.41, 5.74) is 2.77. The molecule has 0 bridgehead atoms. The molecule has 0 saturated heterocycles. The molecule has 0 saturated carbocycles. The monoisotopic (exact) mass is 349 g/mol. The number of aromatic amines is 1. The average Bonchev–Trinajstić information content (AvgIpc) is 3.08. The van der Waals surface area contributed by atoms with Gasteiger partial charge in [-0.3, -0.25) is 4.79 Å². The number of rotatable bonds is 3. The Bertz CT molecular complexity index is 1070. The molecule has 0 unspecified atom stereocenters. The number of para-hydroxylation sites is 2. The van der Waals surface area contributed by atoms with E-state index < -0.39 is 17.5 Å². The molecule has 1 amide bonds. The highest BCUT2D eigenvalue weighted by atomic mass is 19.1. The fraction of sp³-hybridized carbons (Fsp3) is 0. The summed E-state index contributed by atoms with van der Waals surface area (Å²) in [5.74, 6) is -1.45. The van der Waals surface area contributed by atoms with E-state index in [-0.39, 0.29) is 5.56 Å². The Labute approximate surface area is 147 Å². The lowest BCUT2D eigenvalue weighted by Gasteiger charge is -2.07. The molecule has 0 atom stereocenters. The molecule has 128 valence electrons. The minimum Gasteiger partial charge on any atom is -0.338 e. The van der Waals surface area contributed by atoms with Crippen LogP contribution in [-0.2, 0) is 0 Å². The maximum atomic E-state index is 13.7. The topological polar surface area (TPSA) is 57.8 Å². The van der Waals surface area contributed by atoms with Crippen molar-refractivity contribution in [1.82, 2.24) is 9.97 Å². The normalized spacial score (nSPS) is 10.8. The summed E-state index contributed by atoms with van der Waals surface area (Å²) in [6, 6.07) is 17.4. The number of aromatic nitrogens is 2. The minimum atomic E-state index is -0.775. The third-order valence-electron chi connectivity index (χ3n) is 3.98. The molecular weight excluding hydrogens is 336 g/mol. The van der Waals surface area contributed by atoms with E-state index in [0.29, 0.717) is 11.5 Å². The van der Waals surface area contributed by atoms with Gasteiger partial charge in [0.1, 0.15) is 17.5 Å². The molecule has 0 spiro atoms. The van der Waals surface area contributed by atoms with E-state index in [9.17, 15) is 13.6 Å². The van der Waals surface area contributed by atoms with Crippen molar-refractivity contribution in [3.63, 3.8) is 0 Å². The maximum Gasteiger partial charge on any atom is 0.258 e. The van der Waals surface area contributed by atoms with Gasteiger partial charge in [0.25, 0.3) is 5.91 Å². The molecule has 1 heterocycles. The molecule has 3 aromatic carbocycles. The van der Waals surface area contributed by atoms with Crippen molar-refractivity contribution in [3.8, 4) is 11.4 Å². The van der Waals surface area contributed by atoms with Crippen molar-refractivity contribution in [3.05, 3.63) is 83.9 Å². The standard InChI is InChI=1S/C20H13F2N3O/c21-13-7-10-16(22)15(11-13)20(26)23-14-8-5-12(6-9-14)19-24-17-3-1-2-4-18(17)25-19/h1-11H,(H,23,26)(H,24,25). The highest BCUT2D eigenvalue weighted by Crippen LogP contribution is 2.22. The average molecular weight is 349 g/mol. The van der Waals surface area contributed by atoms with E-state index in [1.807, 2.05) is 24.3 Å². The highest BCUT2D eigenvalue weighted by molar-refractivity contribution is 6.04. The van der Waals surface area contributed by atoms with Crippen molar-refractivity contribution in [2.75, 3.05) is 5.32 Å². The minimum absolute atomic E-state index is 0.341. The Morgan fingerprint density at radius 3 is 2.50 bits per heavy atom. The van der Waals surface area contributed by atoms with Gasteiger partial charge in [0, 0.05) is 11.3 Å². The number of carbonyl (C=O) groups excluding carboxylic acids is 1. The van der Waals surface area contributed by atoms with Gasteiger partial charge in [-0.2, -0.15) is 0 Å². The van der Waals surface area contributed by atoms with E-state index in [4.69, 9.17) is 0 Å². The SMILES string of the molecule is O=C(Nc1ccc(-c2nc3ccccc3[nH]2)cc1)c1cc(F)ccc1F. The van der Waals surface area contributed by atoms with Crippen LogP contribution in [0.15, 0.2) is 66.7 Å². The second kappa shape index (κ2) is 6.40. The summed E-state index contributed by atoms with van der Waals surface area (Å²) in [6.07, 6.45) is 0. The van der Waals surface area contributed by atoms with Gasteiger partial charge in [0.05, 0.1) is 16.6 Å². The molecule has 0 radical (unpaired) electrons. The number of benzene rings is 3. The smallest absolute Gasteiger partial charge is 0.258 e. The zero-order valence-electron chi connectivity index (χ0n) is 13.5. The van der Waals surface area contributed by atoms with Gasteiger partial charge >= 0.3 is 0 Å². The third kappa shape index (κ3) is 3.04. The number of fused-ring (bicyclic) bond motifs is 1. The Balaban J connectivity index is 1.56. The molecule has 4 nitrogen and oxygen atoms in total. The van der Waals surface area contributed by atoms with Crippen LogP contribution in [0.1, 0.15) is 10.4 Å². The first-order valence-corrected chi connectivity index (χ1v) is 7.92. The number of H-pyrrole nitrogens is 1. The Hall–Kier alpha value is -3.54. The molecule has 2 N–H and O–H groups in total. The van der Waals surface area contributed by atoms with Crippen LogP contribution in [-0.4, -0.2) is 15.9 Å². The number of nitrogens with one attached hydrogen (secondary N) is 2. The predicted molar refractivity (Wildman–Crippen MR) is 95.8 cm³/mol. The lowest BCUT2D eigenvalue weighted by atomic mass is 10.1. The first kappa shape index (κ1) is 16.0. The van der Waals surface area contributed by atoms with Gasteiger partial charge < -0.3 is 10.3 Å². The van der Waals surface area contributed by atoms with Gasteiger partial charge in [-0.25, -0.2) is 13.8 Å². The molecule has 1 aromatic heterocycles. The molecule has 0 aliphatic carbocycles. The van der Waals surface area contributed by atoms with Crippen molar-refractivity contribution in [1.29, 1.82) is 0 Å². The summed E-state index contributed by atoms with van der Waals surface area (Å²) in [5, 5.41) is 2.56. The van der Waals surface area contributed by atoms with E-state index in [1.54, 1.807) is 24.3 Å². The molecule has 0 aliphatic heterocycles. The summed E-state index contributed by atoms with van der Waals surface area (Å²) >= 11 is 0. The van der Waals surface area contributed by atoms with E-state index in [2.05, 4.69) is 15.3 Å². The molecule has 26 heavy (non-hydrogen) atoms. The van der Waals surface area contributed by atoms with Crippen molar-refractivity contribution >= 4 is 22.6 Å². The van der Waals surface area contributed by atoms with Crippen LogP contribution in [0.3, 0.4) is 0 Å². The fourth-order valence-corrected chi connectivity index (χ4v) is 2.67. The zero-order valence-corrected chi connectivity index (χ0v) is 13.5. The number of hydrogen-bond acceptors (Lipinski definition) is 2. The summed E-state index contributed by atoms with van der Waals surface area (Å²) in [6.45, 7) is 0. The molecule has 4 rings (SSSR count). The Morgan fingerprint density at radius 2 is 1.73 bits per heavy atom. The van der Waals surface area contributed by atoms with Crippen LogP contribution in [0.4, 0.5) is 14.5 Å². The van der Waals surface area contributed by atoms with Crippen LogP contribution in [0.25, 0.3) is 22.4 Å². The van der Waals surface area contributed by atoms with E-state index >= 15 is 0 Å². The van der Waals surface area contributed by atoms with E-state index in [0.717, 1.165) is 34.8 Å². The van der Waals surface area contributed by atoms with Crippen LogP contribution in [0, 0.1) is 11.6 Å². The summed E-state index contributed by atoms with van der Waals surface area (Å²) < 4.78 is 26.9. The summed E-state index contributed by atoms with van der Waals surface area (Å²) in [4.78, 5) is 19.9. The largest absolute Gasteiger partial charge is 0.338 e. The maximum absolute atomic E-state index is 13.7. The van der Waals surface area contributed by atoms with Crippen LogP contribution < -0.4 is 5.32 Å². The molecule has 4 aromatic rings. The molecule has 0 aliphatic rings. The number of halogens is 2. The number of amides is 1. The Kier molecular flexibility index (Phi) is 3.93.